The molecule has 1 atom stereocenters. The Balaban J connectivity index is 1.45. The Bertz CT molecular complexity index is 784. The smallest absolute Gasteiger partial charge is 0.415 e. The molecule has 29 heavy (non-hydrogen) atoms. The van der Waals surface area contributed by atoms with Crippen LogP contribution in [0.5, 0.6) is 6.01 Å². The summed E-state index contributed by atoms with van der Waals surface area (Å²) in [4.78, 5) is 41.5. The summed E-state index contributed by atoms with van der Waals surface area (Å²) >= 11 is 0. The number of rotatable bonds is 3. The van der Waals surface area contributed by atoms with Crippen LogP contribution < -0.4 is 4.74 Å². The molecule has 0 saturated carbocycles. The van der Waals surface area contributed by atoms with Crippen LogP contribution in [0.15, 0.2) is 6.20 Å². The quantitative estimate of drug-likeness (QED) is 0.542. The van der Waals surface area contributed by atoms with E-state index in [0.29, 0.717) is 26.2 Å². The highest BCUT2D eigenvalue weighted by atomic mass is 16.6. The van der Waals surface area contributed by atoms with E-state index in [0.717, 1.165) is 0 Å². The maximum absolute atomic E-state index is 12.4. The molecule has 1 unspecified atom stereocenters. The number of ether oxygens (including phenoxy) is 3. The molecule has 12 nitrogen and oxygen atoms in total. The van der Waals surface area contributed by atoms with E-state index in [1.807, 2.05) is 0 Å². The van der Waals surface area contributed by atoms with Crippen molar-refractivity contribution >= 4 is 18.0 Å². The molecule has 3 rings (SSSR count). The zero-order valence-corrected chi connectivity index (χ0v) is 16.9. The Labute approximate surface area is 167 Å². The normalized spacial score (nSPS) is 21.4. The van der Waals surface area contributed by atoms with E-state index in [-0.39, 0.29) is 25.0 Å². The summed E-state index contributed by atoms with van der Waals surface area (Å²) in [5, 5.41) is 10.8. The second-order valence-corrected chi connectivity index (χ2v) is 8.33. The van der Waals surface area contributed by atoms with Crippen LogP contribution in [-0.4, -0.2) is 80.4 Å². The molecule has 2 amide bonds. The van der Waals surface area contributed by atoms with Gasteiger partial charge in [-0.15, -0.1) is 0 Å². The number of amides is 2. The van der Waals surface area contributed by atoms with Gasteiger partial charge in [-0.1, -0.05) is 0 Å². The number of piperazine rings is 1. The summed E-state index contributed by atoms with van der Waals surface area (Å²) < 4.78 is 17.9. The summed E-state index contributed by atoms with van der Waals surface area (Å²) in [6.07, 6.45) is 0.383. The first-order valence-electron chi connectivity index (χ1n) is 9.26. The number of hydrogen-bond acceptors (Lipinski definition) is 8. The average Bonchev–Trinajstić information content (AvgIpc) is 3.14. The fourth-order valence-electron chi connectivity index (χ4n) is 3.06. The highest BCUT2D eigenvalue weighted by Gasteiger charge is 2.42. The number of nitrogens with zero attached hydrogens (tertiary/aromatic N) is 5. The predicted molar refractivity (Wildman–Crippen MR) is 98.6 cm³/mol. The largest absolute Gasteiger partial charge is 0.445 e. The molecule has 0 radical (unpaired) electrons. The number of fused-ring (bicyclic) bond motifs is 1. The first kappa shape index (κ1) is 20.7. The van der Waals surface area contributed by atoms with Gasteiger partial charge in [0.05, 0.1) is 6.54 Å². The lowest BCUT2D eigenvalue weighted by Crippen LogP contribution is -2.52. The van der Waals surface area contributed by atoms with Crippen molar-refractivity contribution in [2.24, 2.45) is 0 Å². The topological polar surface area (TPSA) is 129 Å². The minimum absolute atomic E-state index is 0.0325. The monoisotopic (exact) mass is 411 g/mol. The van der Waals surface area contributed by atoms with Gasteiger partial charge >= 0.3 is 24.0 Å². The highest BCUT2D eigenvalue weighted by molar-refractivity contribution is 5.70. The van der Waals surface area contributed by atoms with E-state index in [1.165, 1.54) is 15.7 Å². The van der Waals surface area contributed by atoms with E-state index in [4.69, 9.17) is 14.2 Å². The van der Waals surface area contributed by atoms with Crippen molar-refractivity contribution in [3.8, 4) is 6.01 Å². The van der Waals surface area contributed by atoms with Crippen LogP contribution in [0.3, 0.4) is 0 Å². The number of carbonyl (C=O) groups excluding carboxylic acids is 2. The fraction of sp³-hybridized carbons (Fsp3) is 0.706. The van der Waals surface area contributed by atoms with Gasteiger partial charge in [-0.25, -0.2) is 9.59 Å². The molecule has 3 heterocycles. The number of aromatic nitrogens is 2. The molecule has 0 bridgehead atoms. The SMILES string of the molecule is CC(C)(C)OC(=O)N1CCN(C(=O)OCC2(C)Cn3cc([N+](=O)[O-])nc3O2)CC1. The Hall–Kier alpha value is -3.05. The molecule has 0 aliphatic carbocycles. The van der Waals surface area contributed by atoms with Gasteiger partial charge in [0.2, 0.25) is 0 Å². The van der Waals surface area contributed by atoms with E-state index >= 15 is 0 Å². The first-order chi connectivity index (χ1) is 13.5. The van der Waals surface area contributed by atoms with Crippen molar-refractivity contribution in [3.05, 3.63) is 16.3 Å². The van der Waals surface area contributed by atoms with Gasteiger partial charge in [0.25, 0.3) is 0 Å². The minimum atomic E-state index is -0.856. The van der Waals surface area contributed by atoms with E-state index < -0.39 is 28.3 Å². The number of carbonyl (C=O) groups is 2. The lowest BCUT2D eigenvalue weighted by atomic mass is 10.1. The molecule has 0 aromatic carbocycles. The Morgan fingerprint density at radius 1 is 1.24 bits per heavy atom. The minimum Gasteiger partial charge on any atom is -0.445 e. The van der Waals surface area contributed by atoms with E-state index in [2.05, 4.69) is 4.98 Å². The fourth-order valence-corrected chi connectivity index (χ4v) is 3.06. The predicted octanol–water partition coefficient (Wildman–Crippen LogP) is 1.63. The van der Waals surface area contributed by atoms with Crippen molar-refractivity contribution < 1.29 is 28.7 Å². The Morgan fingerprint density at radius 3 is 2.34 bits per heavy atom. The molecule has 2 aliphatic rings. The molecule has 160 valence electrons. The van der Waals surface area contributed by atoms with Gasteiger partial charge in [-0.05, 0) is 32.6 Å². The third-order valence-corrected chi connectivity index (χ3v) is 4.45. The van der Waals surface area contributed by atoms with Crippen molar-refractivity contribution in [1.29, 1.82) is 0 Å². The average molecular weight is 411 g/mol. The van der Waals surface area contributed by atoms with Gasteiger partial charge in [-0.2, -0.15) is 0 Å². The molecular weight excluding hydrogens is 386 g/mol. The molecular formula is C17H25N5O7. The third-order valence-electron chi connectivity index (χ3n) is 4.45. The lowest BCUT2D eigenvalue weighted by molar-refractivity contribution is -0.389. The van der Waals surface area contributed by atoms with Gasteiger partial charge in [0.1, 0.15) is 18.4 Å². The van der Waals surface area contributed by atoms with Crippen LogP contribution >= 0.6 is 0 Å². The standard InChI is InChI=1S/C17H25N5O7/c1-16(2,3)29-15(24)20-7-5-19(6-8-20)14(23)27-11-17(4)10-21-9-12(22(25)26)18-13(21)28-17/h9H,5-8,10-11H2,1-4H3. The van der Waals surface area contributed by atoms with Crippen molar-refractivity contribution in [2.75, 3.05) is 32.8 Å². The summed E-state index contributed by atoms with van der Waals surface area (Å²) in [7, 11) is 0. The molecule has 12 heteroatoms. The van der Waals surface area contributed by atoms with Crippen LogP contribution in [0.25, 0.3) is 0 Å². The third kappa shape index (κ3) is 4.87. The lowest BCUT2D eigenvalue weighted by Gasteiger charge is -2.35. The number of hydrogen-bond donors (Lipinski definition) is 0. The second kappa shape index (κ2) is 7.41. The first-order valence-corrected chi connectivity index (χ1v) is 9.26. The highest BCUT2D eigenvalue weighted by Crippen LogP contribution is 2.31. The maximum atomic E-state index is 12.4. The van der Waals surface area contributed by atoms with Gasteiger partial charge in [0, 0.05) is 31.2 Å². The molecule has 1 saturated heterocycles. The molecule has 1 fully saturated rings. The summed E-state index contributed by atoms with van der Waals surface area (Å²) in [5.41, 5.74) is -1.43. The number of nitro groups is 1. The maximum Gasteiger partial charge on any atom is 0.415 e. The van der Waals surface area contributed by atoms with Crippen LogP contribution in [0.1, 0.15) is 27.7 Å². The van der Waals surface area contributed by atoms with Crippen LogP contribution in [0, 0.1) is 10.1 Å². The summed E-state index contributed by atoms with van der Waals surface area (Å²) in [6.45, 7) is 8.78. The Kier molecular flexibility index (Phi) is 5.28. The number of imidazole rings is 1. The van der Waals surface area contributed by atoms with Gasteiger partial charge < -0.3 is 34.1 Å². The molecule has 0 N–H and O–H groups in total. The molecule has 1 aromatic rings. The van der Waals surface area contributed by atoms with E-state index in [9.17, 15) is 19.7 Å². The van der Waals surface area contributed by atoms with Gasteiger partial charge in [-0.3, -0.25) is 4.57 Å². The zero-order chi connectivity index (χ0) is 21.4. The molecule has 0 spiro atoms. The van der Waals surface area contributed by atoms with Crippen LogP contribution in [-0.2, 0) is 16.0 Å². The summed E-state index contributed by atoms with van der Waals surface area (Å²) in [5.74, 6) is -0.290. The Morgan fingerprint density at radius 2 is 1.83 bits per heavy atom. The zero-order valence-electron chi connectivity index (χ0n) is 16.9. The summed E-state index contributed by atoms with van der Waals surface area (Å²) in [6, 6.07) is 0.126. The van der Waals surface area contributed by atoms with Crippen molar-refractivity contribution in [3.63, 3.8) is 0 Å². The second-order valence-electron chi connectivity index (χ2n) is 8.33. The molecule has 1 aromatic heterocycles. The van der Waals surface area contributed by atoms with Crippen molar-refractivity contribution in [1.82, 2.24) is 19.4 Å². The van der Waals surface area contributed by atoms with Crippen molar-refractivity contribution in [2.45, 2.75) is 45.4 Å². The van der Waals surface area contributed by atoms with E-state index in [1.54, 1.807) is 32.6 Å². The van der Waals surface area contributed by atoms with Crippen LogP contribution in [0.4, 0.5) is 15.4 Å². The van der Waals surface area contributed by atoms with Crippen LogP contribution in [0.2, 0.25) is 0 Å². The van der Waals surface area contributed by atoms with Gasteiger partial charge in [0.15, 0.2) is 5.60 Å². The molecule has 2 aliphatic heterocycles.